The Kier molecular flexibility index (Phi) is 17.0. The maximum atomic E-state index is 9.99. The first-order chi connectivity index (χ1) is 8.91. The molecule has 0 rings (SSSR count). The van der Waals surface area contributed by atoms with Crippen LogP contribution in [0.2, 0.25) is 0 Å². The summed E-state index contributed by atoms with van der Waals surface area (Å²) in [6.07, 6.45) is 18.0. The van der Waals surface area contributed by atoms with Gasteiger partial charge in [0.1, 0.15) is 0 Å². The molecule has 0 atom stereocenters. The fourth-order valence-corrected chi connectivity index (χ4v) is 2.92. The lowest BCUT2D eigenvalue weighted by atomic mass is 10.1. The maximum absolute atomic E-state index is 9.99. The molecule has 18 heavy (non-hydrogen) atoms. The zero-order valence-corrected chi connectivity index (χ0v) is 13.0. The summed E-state index contributed by atoms with van der Waals surface area (Å²) >= 11 is 1.89. The predicted molar refractivity (Wildman–Crippen MR) is 84.1 cm³/mol. The Morgan fingerprint density at radius 2 is 1.22 bits per heavy atom. The molecule has 0 fully saturated rings. The van der Waals surface area contributed by atoms with Gasteiger partial charge in [-0.3, -0.25) is 4.79 Å². The maximum Gasteiger partial charge on any atom is 0.199 e. The van der Waals surface area contributed by atoms with Gasteiger partial charge in [0.25, 0.3) is 0 Å². The lowest BCUT2D eigenvalue weighted by Gasteiger charge is -2.02. The molecular weight excluding hydrogens is 240 g/mol. The van der Waals surface area contributed by atoms with E-state index in [0.717, 1.165) is 5.75 Å². The topological polar surface area (TPSA) is 17.1 Å². The minimum absolute atomic E-state index is 0.600. The molecule has 0 aliphatic carbocycles. The quantitative estimate of drug-likeness (QED) is 0.364. The largest absolute Gasteiger partial charge is 0.291 e. The van der Waals surface area contributed by atoms with E-state index in [9.17, 15) is 4.79 Å². The molecule has 107 valence electrons. The van der Waals surface area contributed by atoms with Gasteiger partial charge >= 0.3 is 0 Å². The Balaban J connectivity index is 2.88. The van der Waals surface area contributed by atoms with Crippen LogP contribution in [0, 0.1) is 0 Å². The summed E-state index contributed by atoms with van der Waals surface area (Å²) in [5, 5.41) is 0. The van der Waals surface area contributed by atoms with Crippen molar-refractivity contribution in [2.24, 2.45) is 0 Å². The highest BCUT2D eigenvalue weighted by Crippen LogP contribution is 2.12. The fraction of sp³-hybridized carbons (Fsp3) is 0.938. The molecule has 0 aliphatic rings. The Hall–Kier alpha value is 0.0200. The summed E-state index contributed by atoms with van der Waals surface area (Å²) in [6, 6.07) is 0. The van der Waals surface area contributed by atoms with Crippen LogP contribution < -0.4 is 0 Å². The Labute approximate surface area is 118 Å². The molecule has 0 bridgehead atoms. The number of unbranched alkanes of at least 4 members (excludes halogenated alkanes) is 10. The number of hydrogen-bond donors (Lipinski definition) is 0. The average Bonchev–Trinajstić information content (AvgIpc) is 2.39. The van der Waals surface area contributed by atoms with Gasteiger partial charge < -0.3 is 0 Å². The molecule has 0 aromatic rings. The van der Waals surface area contributed by atoms with Gasteiger partial charge in [0.05, 0.1) is 0 Å². The summed E-state index contributed by atoms with van der Waals surface area (Å²) in [6.45, 7) is 2.27. The molecule has 2 heteroatoms. The van der Waals surface area contributed by atoms with Gasteiger partial charge in [-0.2, -0.15) is 11.8 Å². The first-order valence-electron chi connectivity index (χ1n) is 7.84. The van der Waals surface area contributed by atoms with Crippen LogP contribution in [0.1, 0.15) is 84.0 Å². The van der Waals surface area contributed by atoms with Crippen molar-refractivity contribution in [3.05, 3.63) is 0 Å². The monoisotopic (exact) mass is 271 g/mol. The molecule has 0 aromatic heterocycles. The van der Waals surface area contributed by atoms with Gasteiger partial charge in [0.2, 0.25) is 0 Å². The zero-order valence-electron chi connectivity index (χ0n) is 12.2. The van der Waals surface area contributed by atoms with E-state index in [1.165, 1.54) is 76.4 Å². The minimum atomic E-state index is 0.600. The molecule has 1 radical (unpaired) electrons. The second-order valence-corrected chi connectivity index (χ2v) is 6.27. The van der Waals surface area contributed by atoms with E-state index in [0.29, 0.717) is 6.42 Å². The van der Waals surface area contributed by atoms with Crippen LogP contribution in [0.15, 0.2) is 0 Å². The summed E-state index contributed by atoms with van der Waals surface area (Å²) in [5.74, 6) is 2.18. The third kappa shape index (κ3) is 16.0. The van der Waals surface area contributed by atoms with Crippen molar-refractivity contribution in [1.29, 1.82) is 0 Å². The first kappa shape index (κ1) is 18.0. The number of carbonyl (C=O) groups excluding carboxylic acids is 1. The zero-order chi connectivity index (χ0) is 13.3. The molecular formula is C16H31OS. The van der Waals surface area contributed by atoms with Crippen LogP contribution in [0.25, 0.3) is 0 Å². The van der Waals surface area contributed by atoms with Gasteiger partial charge in [-0.25, -0.2) is 0 Å². The highest BCUT2D eigenvalue weighted by atomic mass is 32.2. The summed E-state index contributed by atoms with van der Waals surface area (Å²) in [4.78, 5) is 9.99. The minimum Gasteiger partial charge on any atom is -0.291 e. The van der Waals surface area contributed by atoms with E-state index in [-0.39, 0.29) is 0 Å². The molecule has 0 spiro atoms. The van der Waals surface area contributed by atoms with E-state index in [1.807, 2.05) is 18.0 Å². The van der Waals surface area contributed by atoms with Crippen molar-refractivity contribution >= 4 is 18.0 Å². The highest BCUT2D eigenvalue weighted by Gasteiger charge is 1.93. The molecule has 0 N–H and O–H groups in total. The van der Waals surface area contributed by atoms with Crippen LogP contribution in [-0.4, -0.2) is 17.8 Å². The summed E-state index contributed by atoms with van der Waals surface area (Å²) in [5.41, 5.74) is 0. The summed E-state index contributed by atoms with van der Waals surface area (Å²) < 4.78 is 0. The van der Waals surface area contributed by atoms with Crippen LogP contribution in [-0.2, 0) is 4.79 Å². The van der Waals surface area contributed by atoms with Gasteiger partial charge in [-0.15, -0.1) is 0 Å². The Bertz CT molecular complexity index is 159. The molecule has 0 heterocycles. The van der Waals surface area contributed by atoms with E-state index in [4.69, 9.17) is 0 Å². The number of hydrogen-bond acceptors (Lipinski definition) is 2. The van der Waals surface area contributed by atoms with Crippen molar-refractivity contribution in [1.82, 2.24) is 0 Å². The van der Waals surface area contributed by atoms with Crippen molar-refractivity contribution in [2.75, 3.05) is 11.5 Å². The second kappa shape index (κ2) is 17.0. The van der Waals surface area contributed by atoms with E-state index in [1.54, 1.807) is 0 Å². The molecule has 0 saturated heterocycles. The van der Waals surface area contributed by atoms with Gasteiger partial charge in [-0.1, -0.05) is 71.1 Å². The standard InChI is InChI=1S/C16H31OS/c1-2-3-4-5-6-7-8-9-10-11-12-15-18-16-13-14-17/h2-13,15-16H2,1H3. The van der Waals surface area contributed by atoms with Crippen LogP contribution in [0.5, 0.6) is 0 Å². The molecule has 0 aliphatic heterocycles. The highest BCUT2D eigenvalue weighted by molar-refractivity contribution is 7.99. The van der Waals surface area contributed by atoms with Gasteiger partial charge in [0, 0.05) is 12.2 Å². The molecule has 1 nitrogen and oxygen atoms in total. The van der Waals surface area contributed by atoms with Gasteiger partial charge in [-0.05, 0) is 12.2 Å². The van der Waals surface area contributed by atoms with Gasteiger partial charge in [0.15, 0.2) is 6.29 Å². The van der Waals surface area contributed by atoms with Crippen LogP contribution in [0.4, 0.5) is 0 Å². The number of rotatable bonds is 15. The average molecular weight is 271 g/mol. The van der Waals surface area contributed by atoms with E-state index < -0.39 is 0 Å². The lowest BCUT2D eigenvalue weighted by molar-refractivity contribution is 0.554. The Morgan fingerprint density at radius 1 is 0.722 bits per heavy atom. The third-order valence-corrected chi connectivity index (χ3v) is 4.31. The SMILES string of the molecule is CCCCCCCCCCCCCSCC[C]=O. The molecule has 0 amide bonds. The smallest absolute Gasteiger partial charge is 0.199 e. The van der Waals surface area contributed by atoms with Crippen LogP contribution in [0.3, 0.4) is 0 Å². The number of thioether (sulfide) groups is 1. The molecule has 0 aromatic carbocycles. The first-order valence-corrected chi connectivity index (χ1v) is 9.00. The fourth-order valence-electron chi connectivity index (χ4n) is 2.08. The lowest BCUT2D eigenvalue weighted by Crippen LogP contribution is -1.86. The summed E-state index contributed by atoms with van der Waals surface area (Å²) in [7, 11) is 0. The second-order valence-electron chi connectivity index (χ2n) is 5.04. The van der Waals surface area contributed by atoms with E-state index >= 15 is 0 Å². The van der Waals surface area contributed by atoms with Crippen LogP contribution >= 0.6 is 11.8 Å². The third-order valence-electron chi connectivity index (χ3n) is 3.24. The van der Waals surface area contributed by atoms with Crippen molar-refractivity contribution in [3.8, 4) is 0 Å². The van der Waals surface area contributed by atoms with Crippen molar-refractivity contribution < 1.29 is 4.79 Å². The molecule has 0 unspecified atom stereocenters. The van der Waals surface area contributed by atoms with E-state index in [2.05, 4.69) is 6.92 Å². The molecule has 0 saturated carbocycles. The normalized spacial score (nSPS) is 10.7. The van der Waals surface area contributed by atoms with Crippen molar-refractivity contribution in [3.63, 3.8) is 0 Å². The Morgan fingerprint density at radius 3 is 1.72 bits per heavy atom. The van der Waals surface area contributed by atoms with Crippen molar-refractivity contribution in [2.45, 2.75) is 84.0 Å². The predicted octanol–water partition coefficient (Wildman–Crippen LogP) is 5.53.